The fourth-order valence-electron chi connectivity index (χ4n) is 7.91. The molecule has 0 spiro atoms. The van der Waals surface area contributed by atoms with Gasteiger partial charge in [-0.2, -0.15) is 8.42 Å². The van der Waals surface area contributed by atoms with E-state index in [1.807, 2.05) is 51.2 Å². The number of rotatable bonds is 6. The van der Waals surface area contributed by atoms with E-state index in [0.717, 1.165) is 108 Å². The average Bonchev–Trinajstić information content (AvgIpc) is 3.80. The maximum absolute atomic E-state index is 12.5. The topological polar surface area (TPSA) is 156 Å². The van der Waals surface area contributed by atoms with Gasteiger partial charge in [-0.15, -0.1) is 20.5 Å². The van der Waals surface area contributed by atoms with Crippen molar-refractivity contribution in [1.82, 2.24) is 9.97 Å². The Kier molecular flexibility index (Phi) is 12.8. The predicted molar refractivity (Wildman–Crippen MR) is 247 cm³/mol. The number of thiazole rings is 2. The van der Waals surface area contributed by atoms with Gasteiger partial charge in [0.1, 0.15) is 22.0 Å². The molecule has 0 atom stereocenters. The zero-order chi connectivity index (χ0) is 42.0. The van der Waals surface area contributed by atoms with E-state index in [2.05, 4.69) is 92.5 Å². The minimum absolute atomic E-state index is 0. The summed E-state index contributed by atoms with van der Waals surface area (Å²) in [6.07, 6.45) is 4.47. The number of aromatic hydroxyl groups is 1. The van der Waals surface area contributed by atoms with Gasteiger partial charge in [-0.25, -0.2) is 9.97 Å². The van der Waals surface area contributed by atoms with Crippen LogP contribution in [0.1, 0.15) is 67.9 Å². The van der Waals surface area contributed by atoms with Crippen molar-refractivity contribution in [2.75, 3.05) is 36.5 Å². The molecular formula is C42H42Br2N8NiO4S3. The standard InChI is InChI=1S/C24H26N4O3S2.C18H16Br2N4OS.Ni/c1-14(2)15-7-8-18-20(12-15)32-23(25-18)27-26-19-13-17-21-16(22(19)33(29,30)31)6-5-10-28(21)11-9-24(17,3)4;1-9-11(19)7-13-17(16(9)20)26-18(21-13)23-22-12-6-10-4-3-5-24(2)14(10)8-15(12)25;/h7-8,12-13H,1,5-6,9-11H2,2-4H3,(H,29,30,31);6-8,25H,3-5H2,1-2H3;. The fourth-order valence-corrected chi connectivity index (χ4v) is 11.8. The van der Waals surface area contributed by atoms with Crippen molar-refractivity contribution in [3.05, 3.63) is 85.8 Å². The van der Waals surface area contributed by atoms with Crippen molar-refractivity contribution in [3.8, 4) is 5.75 Å². The Morgan fingerprint density at radius 3 is 2.35 bits per heavy atom. The molecule has 3 aliphatic rings. The summed E-state index contributed by atoms with van der Waals surface area (Å²) in [4.78, 5) is 13.3. The van der Waals surface area contributed by atoms with Gasteiger partial charge in [0.25, 0.3) is 10.1 Å². The number of nitrogens with zero attached hydrogens (tertiary/aromatic N) is 8. The number of allylic oxidation sites excluding steroid dienone is 1. The molecule has 0 radical (unpaired) electrons. The number of phenolic OH excluding ortho intramolecular Hbond substituents is 1. The molecule has 2 aromatic heterocycles. The molecule has 9 rings (SSSR count). The van der Waals surface area contributed by atoms with Crippen molar-refractivity contribution < 1.29 is 34.6 Å². The molecule has 18 heteroatoms. The Labute approximate surface area is 383 Å². The average molecular weight is 1040 g/mol. The van der Waals surface area contributed by atoms with Crippen LogP contribution >= 0.6 is 54.5 Å². The van der Waals surface area contributed by atoms with Gasteiger partial charge in [0.15, 0.2) is 0 Å². The number of phenols is 1. The van der Waals surface area contributed by atoms with Crippen molar-refractivity contribution in [2.24, 2.45) is 20.5 Å². The molecule has 12 nitrogen and oxygen atoms in total. The van der Waals surface area contributed by atoms with E-state index in [9.17, 15) is 18.1 Å². The molecule has 4 aromatic carbocycles. The van der Waals surface area contributed by atoms with Gasteiger partial charge in [0, 0.05) is 69.6 Å². The minimum atomic E-state index is -4.49. The van der Waals surface area contributed by atoms with Gasteiger partial charge in [0.2, 0.25) is 10.3 Å². The summed E-state index contributed by atoms with van der Waals surface area (Å²) in [6, 6.07) is 13.4. The number of hydrogen-bond donors (Lipinski definition) is 2. The molecule has 2 N–H and O–H groups in total. The molecule has 0 amide bonds. The van der Waals surface area contributed by atoms with E-state index in [-0.39, 0.29) is 38.2 Å². The Morgan fingerprint density at radius 1 is 0.917 bits per heavy atom. The van der Waals surface area contributed by atoms with Gasteiger partial charge in [-0.1, -0.05) is 70.7 Å². The van der Waals surface area contributed by atoms with Gasteiger partial charge in [0.05, 0.1) is 20.4 Å². The molecule has 5 heterocycles. The predicted octanol–water partition coefficient (Wildman–Crippen LogP) is 13.1. The molecule has 0 unspecified atom stereocenters. The number of anilines is 2. The molecule has 0 bridgehead atoms. The molecule has 0 fully saturated rings. The molecule has 0 saturated heterocycles. The van der Waals surface area contributed by atoms with Crippen molar-refractivity contribution in [3.63, 3.8) is 0 Å². The van der Waals surface area contributed by atoms with Crippen LogP contribution in [0.5, 0.6) is 5.75 Å². The van der Waals surface area contributed by atoms with E-state index >= 15 is 0 Å². The SMILES string of the molecule is C=C(C)c1ccc2nc(N=Nc3cc4c5c(c3S(=O)(=O)O)CCCN5CCC4(C)C)sc2c1.Cc1c(Br)cc2nc(N=Nc3cc4c(cc3O)N(C)CCC4)sc2c1Br.[Ni]. The molecule has 6 aromatic rings. The molecule has 0 saturated carbocycles. The second kappa shape index (κ2) is 17.3. The number of aryl methyl sites for hydroxylation is 1. The van der Waals surface area contributed by atoms with E-state index in [1.165, 1.54) is 28.2 Å². The van der Waals surface area contributed by atoms with Crippen LogP contribution in [-0.4, -0.2) is 54.7 Å². The van der Waals surface area contributed by atoms with Crippen LogP contribution in [0.25, 0.3) is 26.0 Å². The van der Waals surface area contributed by atoms with Crippen LogP contribution < -0.4 is 9.80 Å². The summed E-state index contributed by atoms with van der Waals surface area (Å²) in [7, 11) is -2.45. The van der Waals surface area contributed by atoms with E-state index in [0.29, 0.717) is 27.9 Å². The normalized spacial score (nSPS) is 15.9. The fraction of sp³-hybridized carbons (Fsp3) is 0.333. The summed E-state index contributed by atoms with van der Waals surface area (Å²) in [5.41, 5.74) is 10.2. The summed E-state index contributed by atoms with van der Waals surface area (Å²) >= 11 is 10.0. The van der Waals surface area contributed by atoms with Gasteiger partial charge in [-0.3, -0.25) is 4.55 Å². The third-order valence-electron chi connectivity index (χ3n) is 11.2. The maximum atomic E-state index is 12.5. The first kappa shape index (κ1) is 44.4. The molecule has 316 valence electrons. The van der Waals surface area contributed by atoms with Gasteiger partial charge < -0.3 is 14.9 Å². The zero-order valence-corrected chi connectivity index (χ0v) is 40.1. The van der Waals surface area contributed by atoms with Crippen LogP contribution in [0.15, 0.2) is 83.3 Å². The number of hydrogen-bond acceptors (Lipinski definition) is 13. The Bertz CT molecular complexity index is 2880. The van der Waals surface area contributed by atoms with Crippen LogP contribution in [0.4, 0.5) is 33.0 Å². The summed E-state index contributed by atoms with van der Waals surface area (Å²) in [6.45, 7) is 15.1. The van der Waals surface area contributed by atoms with Crippen LogP contribution in [0.3, 0.4) is 0 Å². The van der Waals surface area contributed by atoms with Gasteiger partial charge in [-0.05, 0) is 125 Å². The van der Waals surface area contributed by atoms with Crippen molar-refractivity contribution in [1.29, 1.82) is 0 Å². The van der Waals surface area contributed by atoms with E-state index in [1.54, 1.807) is 12.1 Å². The van der Waals surface area contributed by atoms with Crippen LogP contribution in [-0.2, 0) is 44.9 Å². The van der Waals surface area contributed by atoms with Crippen LogP contribution in [0, 0.1) is 6.92 Å². The molecule has 3 aliphatic heterocycles. The first-order valence-corrected chi connectivity index (χ1v) is 23.8. The third kappa shape index (κ3) is 8.70. The number of fused-ring (bicyclic) bond motifs is 3. The summed E-state index contributed by atoms with van der Waals surface area (Å²) < 4.78 is 39.1. The Morgan fingerprint density at radius 2 is 1.62 bits per heavy atom. The van der Waals surface area contributed by atoms with Crippen molar-refractivity contribution >= 4 is 124 Å². The van der Waals surface area contributed by atoms with Crippen molar-refractivity contribution in [2.45, 2.75) is 70.1 Å². The Hall–Kier alpha value is -3.64. The minimum Gasteiger partial charge on any atom is -0.506 e. The number of azo groups is 2. The van der Waals surface area contributed by atoms with E-state index in [4.69, 9.17) is 0 Å². The third-order valence-corrected chi connectivity index (χ3v) is 16.1. The first-order chi connectivity index (χ1) is 28.0. The quantitative estimate of drug-likeness (QED) is 0.0949. The molecule has 0 aliphatic carbocycles. The number of aromatic nitrogens is 2. The zero-order valence-electron chi connectivity index (χ0n) is 33.5. The second-order valence-corrected chi connectivity index (χ2v) is 20.8. The second-order valence-electron chi connectivity index (χ2n) is 15.8. The van der Waals surface area contributed by atoms with Crippen LogP contribution in [0.2, 0.25) is 0 Å². The summed E-state index contributed by atoms with van der Waals surface area (Å²) in [5.74, 6) is 0.141. The molecular weight excluding hydrogens is 995 g/mol. The first-order valence-electron chi connectivity index (χ1n) is 19.1. The Balaban J connectivity index is 0.000000183. The van der Waals surface area contributed by atoms with Gasteiger partial charge >= 0.3 is 0 Å². The number of benzene rings is 4. The number of halogens is 2. The van der Waals surface area contributed by atoms with E-state index < -0.39 is 10.1 Å². The maximum Gasteiger partial charge on any atom is 0.297 e. The largest absolute Gasteiger partial charge is 0.506 e. The molecule has 60 heavy (non-hydrogen) atoms. The smallest absolute Gasteiger partial charge is 0.297 e. The summed E-state index contributed by atoms with van der Waals surface area (Å²) in [5, 5.41) is 28.4. The monoisotopic (exact) mass is 1030 g/mol.